The Morgan fingerprint density at radius 3 is 2.27 bits per heavy atom. The van der Waals surface area contributed by atoms with E-state index in [0.717, 1.165) is 25.9 Å². The molecule has 1 aromatic heterocycles. The van der Waals surface area contributed by atoms with Crippen LogP contribution < -0.4 is 10.3 Å². The molecule has 0 atom stereocenters. The van der Waals surface area contributed by atoms with Crippen LogP contribution in [-0.2, 0) is 0 Å². The number of fused-ring (bicyclic) bond motifs is 4. The minimum atomic E-state index is -0.0421. The molecule has 1 heterocycles. The SMILES string of the molecule is O=c1c2ccccc2sc2c1c(N(CCO)CCO)cc1ccccc12. The molecule has 0 aliphatic heterocycles. The molecule has 26 heavy (non-hydrogen) atoms. The van der Waals surface area contributed by atoms with Crippen LogP contribution in [0.2, 0.25) is 0 Å². The monoisotopic (exact) mass is 365 g/mol. The molecule has 0 fully saturated rings. The van der Waals surface area contributed by atoms with Crippen LogP contribution in [0.5, 0.6) is 0 Å². The molecule has 4 aromatic rings. The second-order valence-corrected chi connectivity index (χ2v) is 7.23. The molecule has 132 valence electrons. The molecular weight excluding hydrogens is 346 g/mol. The van der Waals surface area contributed by atoms with Crippen molar-refractivity contribution in [1.29, 1.82) is 0 Å². The van der Waals surface area contributed by atoms with Gasteiger partial charge in [0.15, 0.2) is 5.43 Å². The van der Waals surface area contributed by atoms with Gasteiger partial charge in [0.05, 0.1) is 24.3 Å². The summed E-state index contributed by atoms with van der Waals surface area (Å²) in [7, 11) is 0. The van der Waals surface area contributed by atoms with Crippen LogP contribution >= 0.6 is 11.3 Å². The number of benzene rings is 3. The minimum Gasteiger partial charge on any atom is -0.395 e. The Kier molecular flexibility index (Phi) is 4.59. The van der Waals surface area contributed by atoms with Crippen molar-refractivity contribution in [1.82, 2.24) is 0 Å². The van der Waals surface area contributed by atoms with Gasteiger partial charge in [-0.05, 0) is 29.0 Å². The Bertz CT molecular complexity index is 1150. The van der Waals surface area contributed by atoms with Gasteiger partial charge in [-0.1, -0.05) is 36.4 Å². The summed E-state index contributed by atoms with van der Waals surface area (Å²) in [6.07, 6.45) is 0. The standard InChI is InChI=1S/C21H19NO3S/c23-11-9-22(10-12-24)17-13-14-5-1-2-6-15(14)21-19(17)20(25)16-7-3-4-8-18(16)26-21/h1-8,13,23-24H,9-12H2. The summed E-state index contributed by atoms with van der Waals surface area (Å²) in [5, 5.41) is 22.4. The highest BCUT2D eigenvalue weighted by atomic mass is 32.1. The third kappa shape index (κ3) is 2.74. The van der Waals surface area contributed by atoms with E-state index in [2.05, 4.69) is 0 Å². The van der Waals surface area contributed by atoms with Gasteiger partial charge in [-0.15, -0.1) is 11.3 Å². The predicted molar refractivity (Wildman–Crippen MR) is 109 cm³/mol. The van der Waals surface area contributed by atoms with E-state index in [-0.39, 0.29) is 18.6 Å². The molecule has 0 unspecified atom stereocenters. The lowest BCUT2D eigenvalue weighted by Gasteiger charge is -2.25. The Balaban J connectivity index is 2.18. The Morgan fingerprint density at radius 2 is 1.54 bits per heavy atom. The van der Waals surface area contributed by atoms with Gasteiger partial charge in [0.1, 0.15) is 0 Å². The molecule has 0 radical (unpaired) electrons. The second kappa shape index (κ2) is 7.03. The van der Waals surface area contributed by atoms with Crippen LogP contribution in [-0.4, -0.2) is 36.5 Å². The van der Waals surface area contributed by atoms with Gasteiger partial charge >= 0.3 is 0 Å². The average molecular weight is 365 g/mol. The molecule has 3 aromatic carbocycles. The highest BCUT2D eigenvalue weighted by Gasteiger charge is 2.17. The summed E-state index contributed by atoms with van der Waals surface area (Å²) < 4.78 is 1.91. The summed E-state index contributed by atoms with van der Waals surface area (Å²) in [4.78, 5) is 15.2. The third-order valence-corrected chi connectivity index (χ3v) is 5.84. The maximum absolute atomic E-state index is 13.3. The van der Waals surface area contributed by atoms with Crippen molar-refractivity contribution in [2.75, 3.05) is 31.2 Å². The zero-order valence-electron chi connectivity index (χ0n) is 14.2. The summed E-state index contributed by atoms with van der Waals surface area (Å²) in [5.74, 6) is 0. The molecule has 0 bridgehead atoms. The van der Waals surface area contributed by atoms with Crippen LogP contribution in [0.3, 0.4) is 0 Å². The number of aliphatic hydroxyl groups excluding tert-OH is 2. The normalized spacial score (nSPS) is 11.5. The van der Waals surface area contributed by atoms with Crippen LogP contribution in [0, 0.1) is 0 Å². The van der Waals surface area contributed by atoms with Crippen LogP contribution in [0.4, 0.5) is 5.69 Å². The number of nitrogens with zero attached hydrogens (tertiary/aromatic N) is 1. The molecule has 0 saturated heterocycles. The Hall–Kier alpha value is -2.47. The lowest BCUT2D eigenvalue weighted by atomic mass is 10.0. The molecule has 4 nitrogen and oxygen atoms in total. The van der Waals surface area contributed by atoms with Gasteiger partial charge < -0.3 is 15.1 Å². The van der Waals surface area contributed by atoms with Gasteiger partial charge in [0.25, 0.3) is 0 Å². The van der Waals surface area contributed by atoms with E-state index in [1.807, 2.05) is 59.5 Å². The molecule has 0 saturated carbocycles. The average Bonchev–Trinajstić information content (AvgIpc) is 2.67. The van der Waals surface area contributed by atoms with Crippen molar-refractivity contribution in [2.45, 2.75) is 0 Å². The third-order valence-electron chi connectivity index (χ3n) is 4.63. The molecule has 2 N–H and O–H groups in total. The Morgan fingerprint density at radius 1 is 0.885 bits per heavy atom. The van der Waals surface area contributed by atoms with Gasteiger partial charge in [-0.3, -0.25) is 4.79 Å². The Labute approximate surface area is 154 Å². The van der Waals surface area contributed by atoms with E-state index in [1.165, 1.54) is 0 Å². The largest absolute Gasteiger partial charge is 0.395 e. The topological polar surface area (TPSA) is 60.8 Å². The highest BCUT2D eigenvalue weighted by Crippen LogP contribution is 2.37. The first-order valence-corrected chi connectivity index (χ1v) is 9.40. The minimum absolute atomic E-state index is 0.00372. The summed E-state index contributed by atoms with van der Waals surface area (Å²) in [6.45, 7) is 0.648. The fraction of sp³-hybridized carbons (Fsp3) is 0.190. The lowest BCUT2D eigenvalue weighted by Crippen LogP contribution is -2.30. The number of hydrogen-bond acceptors (Lipinski definition) is 5. The van der Waals surface area contributed by atoms with Gasteiger partial charge in [-0.25, -0.2) is 0 Å². The van der Waals surface area contributed by atoms with Crippen molar-refractivity contribution < 1.29 is 10.2 Å². The predicted octanol–water partition coefficient (Wildman–Crippen LogP) is 3.36. The maximum Gasteiger partial charge on any atom is 0.197 e. The smallest absolute Gasteiger partial charge is 0.197 e. The van der Waals surface area contributed by atoms with Gasteiger partial charge in [-0.2, -0.15) is 0 Å². The molecule has 0 amide bonds. The van der Waals surface area contributed by atoms with Crippen molar-refractivity contribution in [3.8, 4) is 0 Å². The highest BCUT2D eigenvalue weighted by molar-refractivity contribution is 7.25. The van der Waals surface area contributed by atoms with Crippen molar-refractivity contribution in [3.63, 3.8) is 0 Å². The lowest BCUT2D eigenvalue weighted by molar-refractivity contribution is 0.281. The maximum atomic E-state index is 13.3. The molecule has 5 heteroatoms. The van der Waals surface area contributed by atoms with Gasteiger partial charge in [0, 0.05) is 27.9 Å². The van der Waals surface area contributed by atoms with Crippen LogP contribution in [0.1, 0.15) is 0 Å². The van der Waals surface area contributed by atoms with Crippen LogP contribution in [0.25, 0.3) is 30.9 Å². The molecule has 4 rings (SSSR count). The van der Waals surface area contributed by atoms with Crippen LogP contribution in [0.15, 0.2) is 59.4 Å². The van der Waals surface area contributed by atoms with E-state index < -0.39 is 0 Å². The number of anilines is 1. The first-order chi connectivity index (χ1) is 12.7. The summed E-state index contributed by atoms with van der Waals surface area (Å²) in [6, 6.07) is 17.7. The van der Waals surface area contributed by atoms with Crippen molar-refractivity contribution in [3.05, 3.63) is 64.8 Å². The van der Waals surface area contributed by atoms with E-state index in [0.29, 0.717) is 23.9 Å². The quantitative estimate of drug-likeness (QED) is 0.421. The first-order valence-electron chi connectivity index (χ1n) is 8.58. The van der Waals surface area contributed by atoms with E-state index >= 15 is 0 Å². The first kappa shape index (κ1) is 17.0. The zero-order valence-corrected chi connectivity index (χ0v) is 15.0. The molecule has 0 aliphatic rings. The van der Waals surface area contributed by atoms with E-state index in [4.69, 9.17) is 0 Å². The number of aliphatic hydroxyl groups is 2. The van der Waals surface area contributed by atoms with E-state index in [9.17, 15) is 15.0 Å². The molecular formula is C21H19NO3S. The molecule has 0 aliphatic carbocycles. The number of hydrogen-bond donors (Lipinski definition) is 2. The number of rotatable bonds is 5. The summed E-state index contributed by atoms with van der Waals surface area (Å²) in [5.41, 5.74) is 0.768. The fourth-order valence-corrected chi connectivity index (χ4v) is 4.69. The molecule has 0 spiro atoms. The van der Waals surface area contributed by atoms with E-state index in [1.54, 1.807) is 11.3 Å². The fourth-order valence-electron chi connectivity index (χ4n) is 3.46. The van der Waals surface area contributed by atoms with Crippen molar-refractivity contribution in [2.24, 2.45) is 0 Å². The van der Waals surface area contributed by atoms with Gasteiger partial charge in [0.2, 0.25) is 0 Å². The van der Waals surface area contributed by atoms with Crippen molar-refractivity contribution >= 4 is 48.0 Å². The summed E-state index contributed by atoms with van der Waals surface area (Å²) >= 11 is 1.61. The zero-order chi connectivity index (χ0) is 18.1. The second-order valence-electron chi connectivity index (χ2n) is 6.18.